The second-order valence-electron chi connectivity index (χ2n) is 3.77. The van der Waals surface area contributed by atoms with Gasteiger partial charge in [0.1, 0.15) is 5.69 Å². The molecular weight excluding hydrogens is 300 g/mol. The molecule has 0 radical (unpaired) electrons. The number of aldehydes is 1. The molecule has 0 aliphatic heterocycles. The van der Waals surface area contributed by atoms with Gasteiger partial charge in [0.2, 0.25) is 0 Å². The molecule has 2 heterocycles. The van der Waals surface area contributed by atoms with Crippen molar-refractivity contribution in [1.29, 1.82) is 0 Å². The summed E-state index contributed by atoms with van der Waals surface area (Å²) in [6, 6.07) is 3.95. The Morgan fingerprint density at radius 2 is 2.35 bits per heavy atom. The van der Waals surface area contributed by atoms with Gasteiger partial charge >= 0.3 is 0 Å². The van der Waals surface area contributed by atoms with E-state index in [2.05, 4.69) is 28.0 Å². The van der Waals surface area contributed by atoms with E-state index < -0.39 is 0 Å². The fraction of sp³-hybridized carbons (Fsp3) is 0.333. The number of thiophene rings is 1. The van der Waals surface area contributed by atoms with E-state index in [0.29, 0.717) is 5.56 Å². The molecule has 0 spiro atoms. The quantitative estimate of drug-likeness (QED) is 0.782. The summed E-state index contributed by atoms with van der Waals surface area (Å²) >= 11 is 5.01. The minimum atomic E-state index is 0.662. The zero-order valence-corrected chi connectivity index (χ0v) is 11.9. The number of halogens is 1. The second-order valence-corrected chi connectivity index (χ2v) is 6.23. The number of hydrogen-bond acceptors (Lipinski definition) is 3. The van der Waals surface area contributed by atoms with E-state index in [9.17, 15) is 4.79 Å². The molecule has 90 valence electrons. The predicted octanol–water partition coefficient (Wildman–Crippen LogP) is 3.99. The molecule has 3 nitrogen and oxygen atoms in total. The van der Waals surface area contributed by atoms with Crippen LogP contribution in [0.5, 0.6) is 0 Å². The first-order chi connectivity index (χ1) is 8.24. The van der Waals surface area contributed by atoms with Crippen molar-refractivity contribution in [3.05, 3.63) is 27.7 Å². The first-order valence-electron chi connectivity index (χ1n) is 5.53. The number of aryl methyl sites for hydroxylation is 1. The Morgan fingerprint density at radius 3 is 2.94 bits per heavy atom. The zero-order chi connectivity index (χ0) is 12.3. The molecule has 0 saturated carbocycles. The fourth-order valence-corrected chi connectivity index (χ4v) is 2.98. The highest BCUT2D eigenvalue weighted by atomic mass is 79.9. The Hall–Kier alpha value is -0.940. The third kappa shape index (κ3) is 2.84. The molecule has 0 atom stereocenters. The van der Waals surface area contributed by atoms with Crippen molar-refractivity contribution in [2.45, 2.75) is 26.3 Å². The molecule has 0 bridgehead atoms. The average molecular weight is 313 g/mol. The third-order valence-electron chi connectivity index (χ3n) is 2.46. The second kappa shape index (κ2) is 5.60. The maximum atomic E-state index is 11.0. The average Bonchev–Trinajstić information content (AvgIpc) is 2.92. The molecule has 0 fully saturated rings. The lowest BCUT2D eigenvalue weighted by Crippen LogP contribution is -1.97. The van der Waals surface area contributed by atoms with Crippen molar-refractivity contribution < 1.29 is 4.79 Å². The van der Waals surface area contributed by atoms with Crippen molar-refractivity contribution in [3.8, 4) is 10.6 Å². The Balaban J connectivity index is 2.32. The highest BCUT2D eigenvalue weighted by molar-refractivity contribution is 9.11. The zero-order valence-electron chi connectivity index (χ0n) is 9.52. The van der Waals surface area contributed by atoms with Crippen molar-refractivity contribution in [2.75, 3.05) is 0 Å². The summed E-state index contributed by atoms with van der Waals surface area (Å²) in [4.78, 5) is 12.1. The van der Waals surface area contributed by atoms with Gasteiger partial charge in [0.15, 0.2) is 6.29 Å². The fourth-order valence-electron chi connectivity index (χ4n) is 1.59. The van der Waals surface area contributed by atoms with Gasteiger partial charge in [-0.1, -0.05) is 13.3 Å². The SMILES string of the molecule is CCCCn1cc(C=O)c(-c2ccc(Br)s2)n1. The molecule has 0 aromatic carbocycles. The van der Waals surface area contributed by atoms with Crippen LogP contribution in [0.3, 0.4) is 0 Å². The number of unbranched alkanes of at least 4 members (excludes halogenated alkanes) is 1. The topological polar surface area (TPSA) is 34.9 Å². The van der Waals surface area contributed by atoms with Gasteiger partial charge in [0.05, 0.1) is 14.2 Å². The van der Waals surface area contributed by atoms with Crippen LogP contribution in [-0.4, -0.2) is 16.1 Å². The van der Waals surface area contributed by atoms with E-state index in [-0.39, 0.29) is 0 Å². The highest BCUT2D eigenvalue weighted by Crippen LogP contribution is 2.31. The molecule has 2 aromatic rings. The normalized spacial score (nSPS) is 10.7. The van der Waals surface area contributed by atoms with Crippen LogP contribution in [0.4, 0.5) is 0 Å². The van der Waals surface area contributed by atoms with E-state index in [1.807, 2.05) is 23.0 Å². The van der Waals surface area contributed by atoms with Gasteiger partial charge < -0.3 is 0 Å². The van der Waals surface area contributed by atoms with Gasteiger partial charge in [-0.05, 0) is 34.5 Å². The lowest BCUT2D eigenvalue weighted by Gasteiger charge is -1.97. The Morgan fingerprint density at radius 1 is 1.53 bits per heavy atom. The first-order valence-corrected chi connectivity index (χ1v) is 7.14. The monoisotopic (exact) mass is 312 g/mol. The lowest BCUT2D eigenvalue weighted by atomic mass is 10.2. The molecule has 0 saturated heterocycles. The molecule has 2 rings (SSSR count). The summed E-state index contributed by atoms with van der Waals surface area (Å²) in [6.45, 7) is 3.01. The van der Waals surface area contributed by atoms with Crippen molar-refractivity contribution in [1.82, 2.24) is 9.78 Å². The molecule has 2 aromatic heterocycles. The minimum absolute atomic E-state index is 0.662. The van der Waals surface area contributed by atoms with Gasteiger partial charge in [0.25, 0.3) is 0 Å². The predicted molar refractivity (Wildman–Crippen MR) is 73.5 cm³/mol. The molecular formula is C12H13BrN2OS. The summed E-state index contributed by atoms with van der Waals surface area (Å²) in [6.07, 6.45) is 4.90. The van der Waals surface area contributed by atoms with Gasteiger partial charge in [-0.2, -0.15) is 5.10 Å². The summed E-state index contributed by atoms with van der Waals surface area (Å²) < 4.78 is 2.91. The van der Waals surface area contributed by atoms with Crippen molar-refractivity contribution in [3.63, 3.8) is 0 Å². The Labute approximate surface area is 113 Å². The summed E-state index contributed by atoms with van der Waals surface area (Å²) in [5, 5.41) is 4.48. The molecule has 0 aliphatic carbocycles. The number of nitrogens with zero attached hydrogens (tertiary/aromatic N) is 2. The van der Waals surface area contributed by atoms with Gasteiger partial charge in [-0.25, -0.2) is 0 Å². The smallest absolute Gasteiger partial charge is 0.153 e. The van der Waals surface area contributed by atoms with Gasteiger partial charge in [-0.15, -0.1) is 11.3 Å². The van der Waals surface area contributed by atoms with Gasteiger partial charge in [-0.3, -0.25) is 9.48 Å². The van der Waals surface area contributed by atoms with Crippen LogP contribution in [0, 0.1) is 0 Å². The maximum absolute atomic E-state index is 11.0. The molecule has 17 heavy (non-hydrogen) atoms. The van der Waals surface area contributed by atoms with E-state index >= 15 is 0 Å². The van der Waals surface area contributed by atoms with E-state index in [1.165, 1.54) is 0 Å². The Bertz CT molecular complexity index is 518. The van der Waals surface area contributed by atoms with Crippen LogP contribution in [0.1, 0.15) is 30.1 Å². The molecule has 0 amide bonds. The number of rotatable bonds is 5. The number of carbonyl (C=O) groups is 1. The summed E-state index contributed by atoms with van der Waals surface area (Å²) in [5.74, 6) is 0. The molecule has 0 N–H and O–H groups in total. The minimum Gasteiger partial charge on any atom is -0.298 e. The van der Waals surface area contributed by atoms with Crippen LogP contribution >= 0.6 is 27.3 Å². The van der Waals surface area contributed by atoms with Crippen LogP contribution in [0.25, 0.3) is 10.6 Å². The standard InChI is InChI=1S/C12H13BrN2OS/c1-2-3-6-15-7-9(8-16)12(14-15)10-4-5-11(13)17-10/h4-5,7-8H,2-3,6H2,1H3. The highest BCUT2D eigenvalue weighted by Gasteiger charge is 2.12. The molecule has 5 heteroatoms. The first kappa shape index (κ1) is 12.5. The number of hydrogen-bond donors (Lipinski definition) is 0. The van der Waals surface area contributed by atoms with Crippen LogP contribution in [-0.2, 0) is 6.54 Å². The van der Waals surface area contributed by atoms with Crippen LogP contribution in [0.2, 0.25) is 0 Å². The van der Waals surface area contributed by atoms with E-state index in [1.54, 1.807) is 11.3 Å². The Kier molecular flexibility index (Phi) is 4.12. The lowest BCUT2D eigenvalue weighted by molar-refractivity contribution is 0.112. The maximum Gasteiger partial charge on any atom is 0.153 e. The molecule has 0 unspecified atom stereocenters. The molecule has 0 aliphatic rings. The third-order valence-corrected chi connectivity index (χ3v) is 4.09. The number of aromatic nitrogens is 2. The number of carbonyl (C=O) groups excluding carboxylic acids is 1. The van der Waals surface area contributed by atoms with Crippen LogP contribution in [0.15, 0.2) is 22.1 Å². The van der Waals surface area contributed by atoms with Crippen molar-refractivity contribution in [2.24, 2.45) is 0 Å². The van der Waals surface area contributed by atoms with E-state index in [0.717, 1.165) is 40.0 Å². The van der Waals surface area contributed by atoms with Crippen molar-refractivity contribution >= 4 is 33.6 Å². The summed E-state index contributed by atoms with van der Waals surface area (Å²) in [5.41, 5.74) is 1.45. The van der Waals surface area contributed by atoms with E-state index in [4.69, 9.17) is 0 Å². The van der Waals surface area contributed by atoms with Gasteiger partial charge in [0, 0.05) is 12.7 Å². The van der Waals surface area contributed by atoms with Crippen LogP contribution < -0.4 is 0 Å². The largest absolute Gasteiger partial charge is 0.298 e. The summed E-state index contributed by atoms with van der Waals surface area (Å²) in [7, 11) is 0.